The molecule has 3 aromatic rings. The van der Waals surface area contributed by atoms with Crippen molar-refractivity contribution in [3.05, 3.63) is 77.4 Å². The lowest BCUT2D eigenvalue weighted by Gasteiger charge is -2.29. The van der Waals surface area contributed by atoms with Gasteiger partial charge in [-0.3, -0.25) is 9.78 Å². The van der Waals surface area contributed by atoms with Crippen molar-refractivity contribution in [1.29, 1.82) is 5.26 Å². The van der Waals surface area contributed by atoms with Crippen LogP contribution in [-0.4, -0.2) is 27.8 Å². The first-order valence-electron chi connectivity index (χ1n) is 8.93. The predicted molar refractivity (Wildman–Crippen MR) is 107 cm³/mol. The average molecular weight is 386 g/mol. The van der Waals surface area contributed by atoms with Gasteiger partial charge in [-0.25, -0.2) is 4.68 Å². The fourth-order valence-corrected chi connectivity index (χ4v) is 3.41. The Morgan fingerprint density at radius 2 is 2.10 bits per heavy atom. The maximum Gasteiger partial charge on any atom is 0.255 e. The maximum atomic E-state index is 13.3. The largest absolute Gasteiger partial charge is 0.495 e. The van der Waals surface area contributed by atoms with Crippen LogP contribution in [0.5, 0.6) is 5.75 Å². The number of carbonyl (C=O) groups is 1. The molecular weight excluding hydrogens is 368 g/mol. The molecule has 2 N–H and O–H groups in total. The number of ether oxygens (including phenoxy) is 1. The summed E-state index contributed by atoms with van der Waals surface area (Å²) in [5.41, 5.74) is 2.86. The Hall–Kier alpha value is -4.12. The van der Waals surface area contributed by atoms with Gasteiger partial charge in [0.1, 0.15) is 29.2 Å². The Balaban J connectivity index is 1.80. The van der Waals surface area contributed by atoms with Gasteiger partial charge in [-0.05, 0) is 30.7 Å². The summed E-state index contributed by atoms with van der Waals surface area (Å²) in [7, 11) is 1.55. The Morgan fingerprint density at radius 3 is 2.83 bits per heavy atom. The SMILES string of the molecule is COc1ccccc1NC(=O)C1=C(C)Nc2c(C#N)cnn2[C@H]1c1cccnc1. The minimum Gasteiger partial charge on any atom is -0.495 e. The van der Waals surface area contributed by atoms with Gasteiger partial charge in [-0.15, -0.1) is 0 Å². The number of methoxy groups -OCH3 is 1. The van der Waals surface area contributed by atoms with Gasteiger partial charge in [0.15, 0.2) is 0 Å². The molecule has 0 radical (unpaired) electrons. The van der Waals surface area contributed by atoms with E-state index >= 15 is 0 Å². The van der Waals surface area contributed by atoms with Crippen LogP contribution in [0.15, 0.2) is 66.3 Å². The highest BCUT2D eigenvalue weighted by Gasteiger charge is 2.34. The van der Waals surface area contributed by atoms with Crippen molar-refractivity contribution in [1.82, 2.24) is 14.8 Å². The van der Waals surface area contributed by atoms with Crippen molar-refractivity contribution in [2.45, 2.75) is 13.0 Å². The van der Waals surface area contributed by atoms with Gasteiger partial charge >= 0.3 is 0 Å². The summed E-state index contributed by atoms with van der Waals surface area (Å²) in [5.74, 6) is 0.813. The monoisotopic (exact) mass is 386 g/mol. The number of anilines is 2. The number of allylic oxidation sites excluding steroid dienone is 1. The highest BCUT2D eigenvalue weighted by molar-refractivity contribution is 6.06. The molecule has 1 aromatic carbocycles. The van der Waals surface area contributed by atoms with E-state index in [4.69, 9.17) is 4.74 Å². The minimum atomic E-state index is -0.531. The van der Waals surface area contributed by atoms with Crippen LogP contribution >= 0.6 is 0 Å². The number of pyridine rings is 1. The fraction of sp³-hybridized carbons (Fsp3) is 0.143. The zero-order valence-electron chi connectivity index (χ0n) is 15.9. The number of nitriles is 1. The van der Waals surface area contributed by atoms with E-state index in [-0.39, 0.29) is 5.91 Å². The summed E-state index contributed by atoms with van der Waals surface area (Å²) in [6.07, 6.45) is 4.84. The molecule has 1 atom stereocenters. The quantitative estimate of drug-likeness (QED) is 0.714. The molecule has 0 bridgehead atoms. The molecule has 29 heavy (non-hydrogen) atoms. The number of para-hydroxylation sites is 2. The third-order valence-electron chi connectivity index (χ3n) is 4.74. The van der Waals surface area contributed by atoms with Gasteiger partial charge in [0.2, 0.25) is 0 Å². The number of nitrogens with one attached hydrogen (secondary N) is 2. The first-order chi connectivity index (χ1) is 14.1. The second-order valence-electron chi connectivity index (χ2n) is 6.47. The number of aromatic nitrogens is 3. The minimum absolute atomic E-state index is 0.298. The smallest absolute Gasteiger partial charge is 0.255 e. The molecule has 2 aromatic heterocycles. The lowest BCUT2D eigenvalue weighted by molar-refractivity contribution is -0.113. The van der Waals surface area contributed by atoms with E-state index in [0.29, 0.717) is 34.1 Å². The van der Waals surface area contributed by atoms with Crippen LogP contribution in [0.25, 0.3) is 0 Å². The van der Waals surface area contributed by atoms with Gasteiger partial charge in [-0.1, -0.05) is 18.2 Å². The molecule has 3 heterocycles. The number of hydrogen-bond acceptors (Lipinski definition) is 6. The van der Waals surface area contributed by atoms with E-state index in [1.165, 1.54) is 6.20 Å². The van der Waals surface area contributed by atoms with E-state index in [1.54, 1.807) is 49.3 Å². The molecule has 1 amide bonds. The van der Waals surface area contributed by atoms with Crippen LogP contribution in [0.2, 0.25) is 0 Å². The molecule has 0 spiro atoms. The molecule has 0 saturated heterocycles. The van der Waals surface area contributed by atoms with E-state index in [2.05, 4.69) is 26.8 Å². The van der Waals surface area contributed by atoms with E-state index in [9.17, 15) is 10.1 Å². The third kappa shape index (κ3) is 3.19. The van der Waals surface area contributed by atoms with Crippen LogP contribution in [-0.2, 0) is 4.79 Å². The molecule has 8 heteroatoms. The summed E-state index contributed by atoms with van der Waals surface area (Å²) in [4.78, 5) is 17.5. The topological polar surface area (TPSA) is 105 Å². The molecule has 8 nitrogen and oxygen atoms in total. The molecule has 0 saturated carbocycles. The summed E-state index contributed by atoms with van der Waals surface area (Å²) < 4.78 is 6.97. The van der Waals surface area contributed by atoms with Gasteiger partial charge in [0.05, 0.1) is 24.6 Å². The molecule has 0 unspecified atom stereocenters. The summed E-state index contributed by atoms with van der Waals surface area (Å²) >= 11 is 0. The number of hydrogen-bond donors (Lipinski definition) is 2. The van der Waals surface area contributed by atoms with Crippen LogP contribution in [0, 0.1) is 11.3 Å². The van der Waals surface area contributed by atoms with Crippen molar-refractivity contribution in [3.63, 3.8) is 0 Å². The summed E-state index contributed by atoms with van der Waals surface area (Å²) in [6, 6.07) is 12.5. The van der Waals surface area contributed by atoms with Crippen molar-refractivity contribution in [2.75, 3.05) is 17.7 Å². The fourth-order valence-electron chi connectivity index (χ4n) is 3.41. The number of rotatable bonds is 4. The molecule has 1 aliphatic rings. The van der Waals surface area contributed by atoms with Crippen LogP contribution in [0.1, 0.15) is 24.1 Å². The van der Waals surface area contributed by atoms with Crippen LogP contribution in [0.3, 0.4) is 0 Å². The van der Waals surface area contributed by atoms with Gasteiger partial charge in [0, 0.05) is 18.1 Å². The molecule has 4 rings (SSSR count). The Bertz CT molecular complexity index is 1140. The third-order valence-corrected chi connectivity index (χ3v) is 4.74. The summed E-state index contributed by atoms with van der Waals surface area (Å²) in [5, 5.41) is 19.8. The molecular formula is C21H18N6O2. The number of benzene rings is 1. The van der Waals surface area contributed by atoms with E-state index in [1.807, 2.05) is 18.2 Å². The summed E-state index contributed by atoms with van der Waals surface area (Å²) in [6.45, 7) is 1.80. The lowest BCUT2D eigenvalue weighted by Crippen LogP contribution is -2.31. The predicted octanol–water partition coefficient (Wildman–Crippen LogP) is 3.09. The standard InChI is InChI=1S/C21H18N6O2/c1-13-18(21(28)26-16-7-3-4-8-17(16)29-2)19(14-6-5-9-23-11-14)27-20(25-13)15(10-22)12-24-27/h3-9,11-12,19,25H,1-2H3,(H,26,28)/t19-/m0/s1. The highest BCUT2D eigenvalue weighted by atomic mass is 16.5. The lowest BCUT2D eigenvalue weighted by atomic mass is 9.95. The number of fused-ring (bicyclic) bond motifs is 1. The molecule has 0 fully saturated rings. The van der Waals surface area contributed by atoms with E-state index < -0.39 is 6.04 Å². The average Bonchev–Trinajstić information content (AvgIpc) is 3.16. The molecule has 144 valence electrons. The Kier molecular flexibility index (Phi) is 4.71. The van der Waals surface area contributed by atoms with Crippen molar-refractivity contribution in [2.24, 2.45) is 0 Å². The van der Waals surface area contributed by atoms with Crippen molar-refractivity contribution < 1.29 is 9.53 Å². The number of carbonyl (C=O) groups excluding carboxylic acids is 1. The van der Waals surface area contributed by atoms with Crippen LogP contribution < -0.4 is 15.4 Å². The van der Waals surface area contributed by atoms with E-state index in [0.717, 1.165) is 5.56 Å². The van der Waals surface area contributed by atoms with Gasteiger partial charge in [0.25, 0.3) is 5.91 Å². The number of nitrogens with zero attached hydrogens (tertiary/aromatic N) is 4. The van der Waals surface area contributed by atoms with Crippen molar-refractivity contribution >= 4 is 17.4 Å². The maximum absolute atomic E-state index is 13.3. The second-order valence-corrected chi connectivity index (χ2v) is 6.47. The van der Waals surface area contributed by atoms with Gasteiger partial charge < -0.3 is 15.4 Å². The first kappa shape index (κ1) is 18.3. The normalized spacial score (nSPS) is 15.1. The molecule has 1 aliphatic heterocycles. The highest BCUT2D eigenvalue weighted by Crippen LogP contribution is 2.37. The zero-order chi connectivity index (χ0) is 20.4. The molecule has 0 aliphatic carbocycles. The number of amides is 1. The Morgan fingerprint density at radius 1 is 1.28 bits per heavy atom. The van der Waals surface area contributed by atoms with Crippen LogP contribution in [0.4, 0.5) is 11.5 Å². The Labute approximate surface area is 167 Å². The first-order valence-corrected chi connectivity index (χ1v) is 8.93. The van der Waals surface area contributed by atoms with Gasteiger partial charge in [-0.2, -0.15) is 10.4 Å². The van der Waals surface area contributed by atoms with Crippen molar-refractivity contribution in [3.8, 4) is 11.8 Å². The zero-order valence-corrected chi connectivity index (χ0v) is 15.9. The second kappa shape index (κ2) is 7.48.